The highest BCUT2D eigenvalue weighted by molar-refractivity contribution is 7.89. The quantitative estimate of drug-likeness (QED) is 0.831. The number of nitrogens with zero attached hydrogens (tertiary/aromatic N) is 1. The van der Waals surface area contributed by atoms with E-state index in [1.54, 1.807) is 38.1 Å². The molecule has 0 radical (unpaired) electrons. The standard InChI is InChI=1S/C13H22N2O3S/c1-5-14-11-8-6-7-9-12(11)19(17,18)15(4)13(2,3)10-16/h6-9,14,16H,5,10H2,1-4H3. The van der Waals surface area contributed by atoms with Crippen LogP contribution in [0.3, 0.4) is 0 Å². The summed E-state index contributed by atoms with van der Waals surface area (Å²) in [6.07, 6.45) is 0. The molecule has 0 unspecified atom stereocenters. The van der Waals surface area contributed by atoms with Crippen LogP contribution in [0.4, 0.5) is 5.69 Å². The Hall–Kier alpha value is -1.11. The van der Waals surface area contributed by atoms with Gasteiger partial charge >= 0.3 is 0 Å². The third-order valence-corrected chi connectivity index (χ3v) is 5.26. The first-order valence-corrected chi connectivity index (χ1v) is 7.64. The van der Waals surface area contributed by atoms with Crippen LogP contribution in [0.15, 0.2) is 29.2 Å². The Kier molecular flexibility index (Phi) is 4.95. The van der Waals surface area contributed by atoms with Crippen molar-refractivity contribution in [1.29, 1.82) is 0 Å². The summed E-state index contributed by atoms with van der Waals surface area (Å²) in [7, 11) is -2.17. The number of likely N-dealkylation sites (N-methyl/N-ethyl adjacent to an activating group) is 1. The predicted molar refractivity (Wildman–Crippen MR) is 76.7 cm³/mol. The summed E-state index contributed by atoms with van der Waals surface area (Å²) in [6.45, 7) is 5.66. The summed E-state index contributed by atoms with van der Waals surface area (Å²) in [6, 6.07) is 6.77. The van der Waals surface area contributed by atoms with Gasteiger partial charge in [-0.3, -0.25) is 0 Å². The number of sulfonamides is 1. The Bertz CT molecular complexity index is 526. The smallest absolute Gasteiger partial charge is 0.245 e. The summed E-state index contributed by atoms with van der Waals surface area (Å²) in [5, 5.41) is 12.4. The van der Waals surface area contributed by atoms with Crippen LogP contribution in [-0.2, 0) is 10.0 Å². The van der Waals surface area contributed by atoms with E-state index in [2.05, 4.69) is 5.32 Å². The van der Waals surface area contributed by atoms with Gasteiger partial charge in [-0.05, 0) is 32.9 Å². The molecule has 108 valence electrons. The van der Waals surface area contributed by atoms with Gasteiger partial charge in [-0.1, -0.05) is 12.1 Å². The lowest BCUT2D eigenvalue weighted by atomic mass is 10.1. The van der Waals surface area contributed by atoms with Crippen LogP contribution >= 0.6 is 0 Å². The van der Waals surface area contributed by atoms with Gasteiger partial charge in [0, 0.05) is 13.6 Å². The van der Waals surface area contributed by atoms with E-state index in [4.69, 9.17) is 0 Å². The molecule has 0 aliphatic heterocycles. The van der Waals surface area contributed by atoms with E-state index in [1.165, 1.54) is 11.4 Å². The largest absolute Gasteiger partial charge is 0.394 e. The van der Waals surface area contributed by atoms with E-state index in [0.717, 1.165) is 0 Å². The number of hydrogen-bond acceptors (Lipinski definition) is 4. The zero-order valence-electron chi connectivity index (χ0n) is 11.8. The molecular weight excluding hydrogens is 264 g/mol. The summed E-state index contributed by atoms with van der Waals surface area (Å²) < 4.78 is 26.4. The molecule has 0 heterocycles. The number of para-hydroxylation sites is 1. The Morgan fingerprint density at radius 3 is 2.42 bits per heavy atom. The summed E-state index contributed by atoms with van der Waals surface area (Å²) in [5.74, 6) is 0. The van der Waals surface area contributed by atoms with Crippen molar-refractivity contribution < 1.29 is 13.5 Å². The Morgan fingerprint density at radius 2 is 1.89 bits per heavy atom. The molecule has 6 heteroatoms. The maximum Gasteiger partial charge on any atom is 0.245 e. The van der Waals surface area contributed by atoms with Gasteiger partial charge in [0.1, 0.15) is 4.90 Å². The van der Waals surface area contributed by atoms with E-state index in [0.29, 0.717) is 12.2 Å². The minimum Gasteiger partial charge on any atom is -0.394 e. The third kappa shape index (κ3) is 3.26. The molecule has 2 N–H and O–H groups in total. The number of hydrogen-bond donors (Lipinski definition) is 2. The number of benzene rings is 1. The second kappa shape index (κ2) is 5.90. The zero-order valence-corrected chi connectivity index (χ0v) is 12.7. The first-order valence-electron chi connectivity index (χ1n) is 6.20. The van der Waals surface area contributed by atoms with Crippen molar-refractivity contribution in [2.24, 2.45) is 0 Å². The monoisotopic (exact) mass is 286 g/mol. The molecule has 1 aromatic carbocycles. The first-order chi connectivity index (χ1) is 8.77. The van der Waals surface area contributed by atoms with Crippen LogP contribution in [0.5, 0.6) is 0 Å². The molecule has 0 bridgehead atoms. The highest BCUT2D eigenvalue weighted by Crippen LogP contribution is 2.27. The minimum absolute atomic E-state index is 0.223. The number of aliphatic hydroxyl groups is 1. The molecule has 1 aromatic rings. The molecule has 0 saturated heterocycles. The molecule has 0 fully saturated rings. The Balaban J connectivity index is 3.28. The van der Waals surface area contributed by atoms with Crippen molar-refractivity contribution in [1.82, 2.24) is 4.31 Å². The topological polar surface area (TPSA) is 69.6 Å². The van der Waals surface area contributed by atoms with Crippen LogP contribution < -0.4 is 5.32 Å². The normalized spacial score (nSPS) is 12.7. The molecule has 0 aliphatic rings. The molecule has 5 nitrogen and oxygen atoms in total. The lowest BCUT2D eigenvalue weighted by Crippen LogP contribution is -2.47. The molecule has 19 heavy (non-hydrogen) atoms. The van der Waals surface area contributed by atoms with Crippen molar-refractivity contribution in [3.8, 4) is 0 Å². The van der Waals surface area contributed by atoms with Gasteiger partial charge in [0.05, 0.1) is 17.8 Å². The fraction of sp³-hybridized carbons (Fsp3) is 0.538. The van der Waals surface area contributed by atoms with Crippen molar-refractivity contribution in [3.05, 3.63) is 24.3 Å². The molecule has 0 amide bonds. The zero-order chi connectivity index (χ0) is 14.7. The van der Waals surface area contributed by atoms with Crippen LogP contribution in [-0.4, -0.2) is 43.6 Å². The van der Waals surface area contributed by atoms with Gasteiger partial charge in [-0.25, -0.2) is 8.42 Å². The lowest BCUT2D eigenvalue weighted by molar-refractivity contribution is 0.138. The molecule has 0 aromatic heterocycles. The molecule has 1 rings (SSSR count). The third-order valence-electron chi connectivity index (χ3n) is 3.13. The molecular formula is C13H22N2O3S. The average Bonchev–Trinajstić information content (AvgIpc) is 2.38. The second-order valence-electron chi connectivity index (χ2n) is 4.97. The minimum atomic E-state index is -3.65. The number of rotatable bonds is 6. The van der Waals surface area contributed by atoms with Gasteiger partial charge in [0.2, 0.25) is 10.0 Å². The molecule has 0 saturated carbocycles. The molecule has 0 atom stereocenters. The number of aliphatic hydroxyl groups excluding tert-OH is 1. The summed E-state index contributed by atoms with van der Waals surface area (Å²) in [5.41, 5.74) is -0.274. The van der Waals surface area contributed by atoms with Gasteiger partial charge in [0.15, 0.2) is 0 Å². The summed E-state index contributed by atoms with van der Waals surface area (Å²) in [4.78, 5) is 0.223. The van der Waals surface area contributed by atoms with E-state index in [9.17, 15) is 13.5 Å². The maximum atomic E-state index is 12.6. The van der Waals surface area contributed by atoms with Crippen molar-refractivity contribution >= 4 is 15.7 Å². The van der Waals surface area contributed by atoms with Gasteiger partial charge in [-0.2, -0.15) is 4.31 Å². The maximum absolute atomic E-state index is 12.6. The van der Waals surface area contributed by atoms with Crippen molar-refractivity contribution in [2.45, 2.75) is 31.2 Å². The van der Waals surface area contributed by atoms with Crippen molar-refractivity contribution in [3.63, 3.8) is 0 Å². The number of anilines is 1. The van der Waals surface area contributed by atoms with Crippen LogP contribution in [0.1, 0.15) is 20.8 Å². The van der Waals surface area contributed by atoms with Crippen LogP contribution in [0, 0.1) is 0 Å². The highest BCUT2D eigenvalue weighted by Gasteiger charge is 2.34. The Labute approximate surface area is 115 Å². The van der Waals surface area contributed by atoms with E-state index in [-0.39, 0.29) is 11.5 Å². The van der Waals surface area contributed by atoms with Gasteiger partial charge < -0.3 is 10.4 Å². The predicted octanol–water partition coefficient (Wildman–Crippen LogP) is 1.51. The fourth-order valence-corrected chi connectivity index (χ4v) is 3.27. The first kappa shape index (κ1) is 15.9. The van der Waals surface area contributed by atoms with Gasteiger partial charge in [0.25, 0.3) is 0 Å². The highest BCUT2D eigenvalue weighted by atomic mass is 32.2. The van der Waals surface area contributed by atoms with Crippen LogP contribution in [0.2, 0.25) is 0 Å². The average molecular weight is 286 g/mol. The second-order valence-corrected chi connectivity index (χ2v) is 6.91. The fourth-order valence-electron chi connectivity index (χ4n) is 1.60. The lowest BCUT2D eigenvalue weighted by Gasteiger charge is -2.33. The van der Waals surface area contributed by atoms with Crippen molar-refractivity contribution in [2.75, 3.05) is 25.5 Å². The Morgan fingerprint density at radius 1 is 1.32 bits per heavy atom. The summed E-state index contributed by atoms with van der Waals surface area (Å²) >= 11 is 0. The van der Waals surface area contributed by atoms with Gasteiger partial charge in [-0.15, -0.1) is 0 Å². The van der Waals surface area contributed by atoms with Crippen LogP contribution in [0.25, 0.3) is 0 Å². The molecule has 0 aliphatic carbocycles. The van der Waals surface area contributed by atoms with E-state index in [1.807, 2.05) is 6.92 Å². The van der Waals surface area contributed by atoms with E-state index < -0.39 is 15.6 Å². The molecule has 0 spiro atoms. The van der Waals surface area contributed by atoms with E-state index >= 15 is 0 Å². The number of nitrogens with one attached hydrogen (secondary N) is 1. The SMILES string of the molecule is CCNc1ccccc1S(=O)(=O)N(C)C(C)(C)CO.